The van der Waals surface area contributed by atoms with Crippen molar-refractivity contribution < 1.29 is 9.47 Å². The molecular formula is C22H30Br2O2. The molecule has 2 rings (SSSR count). The van der Waals surface area contributed by atoms with Crippen LogP contribution in [0.1, 0.15) is 65.2 Å². The van der Waals surface area contributed by atoms with Crippen LogP contribution in [0.4, 0.5) is 0 Å². The first-order valence-corrected chi connectivity index (χ1v) is 11.4. The molecule has 0 N–H and O–H groups in total. The van der Waals surface area contributed by atoms with E-state index in [0.29, 0.717) is 0 Å². The van der Waals surface area contributed by atoms with E-state index in [4.69, 9.17) is 9.47 Å². The van der Waals surface area contributed by atoms with Crippen molar-refractivity contribution in [1.82, 2.24) is 0 Å². The maximum atomic E-state index is 5.97. The molecule has 0 aliphatic carbocycles. The molecule has 0 saturated carbocycles. The van der Waals surface area contributed by atoms with Crippen LogP contribution < -0.4 is 9.47 Å². The lowest BCUT2D eigenvalue weighted by molar-refractivity contribution is 0.303. The lowest BCUT2D eigenvalue weighted by Gasteiger charge is -2.14. The first kappa shape index (κ1) is 21.6. The summed E-state index contributed by atoms with van der Waals surface area (Å²) < 4.78 is 14.0. The molecule has 0 aliphatic heterocycles. The lowest BCUT2D eigenvalue weighted by Crippen LogP contribution is -1.99. The molecule has 4 heteroatoms. The third kappa shape index (κ3) is 6.16. The Morgan fingerprint density at radius 1 is 0.615 bits per heavy atom. The highest BCUT2D eigenvalue weighted by atomic mass is 79.9. The van der Waals surface area contributed by atoms with E-state index in [0.717, 1.165) is 57.3 Å². The first-order valence-electron chi connectivity index (χ1n) is 9.85. The van der Waals surface area contributed by atoms with Crippen LogP contribution >= 0.6 is 31.9 Å². The van der Waals surface area contributed by atoms with Gasteiger partial charge in [0.25, 0.3) is 0 Å². The van der Waals surface area contributed by atoms with Gasteiger partial charge in [-0.3, -0.25) is 0 Å². The Labute approximate surface area is 174 Å². The Kier molecular flexibility index (Phi) is 9.84. The van der Waals surface area contributed by atoms with Gasteiger partial charge in [-0.1, -0.05) is 52.4 Å². The Hall–Kier alpha value is -0.740. The molecule has 2 aromatic carbocycles. The van der Waals surface area contributed by atoms with Gasteiger partial charge in [-0.15, -0.1) is 0 Å². The molecule has 0 aromatic heterocycles. The van der Waals surface area contributed by atoms with E-state index in [9.17, 15) is 0 Å². The summed E-state index contributed by atoms with van der Waals surface area (Å²) in [6.07, 6.45) is 9.71. The fraction of sp³-hybridized carbons (Fsp3) is 0.545. The highest BCUT2D eigenvalue weighted by molar-refractivity contribution is 9.11. The van der Waals surface area contributed by atoms with Crippen LogP contribution in [0, 0.1) is 0 Å². The predicted molar refractivity (Wildman–Crippen MR) is 119 cm³/mol. The van der Waals surface area contributed by atoms with Gasteiger partial charge in [0.1, 0.15) is 11.5 Å². The fourth-order valence-corrected chi connectivity index (χ4v) is 4.12. The molecule has 2 aromatic rings. The second-order valence-electron chi connectivity index (χ2n) is 6.67. The number of ether oxygens (including phenoxy) is 2. The average molecular weight is 486 g/mol. The predicted octanol–water partition coefficient (Wildman–Crippen LogP) is 8.28. The zero-order chi connectivity index (χ0) is 18.8. The molecule has 0 saturated heterocycles. The zero-order valence-corrected chi connectivity index (χ0v) is 19.1. The number of hydrogen-bond acceptors (Lipinski definition) is 2. The monoisotopic (exact) mass is 484 g/mol. The largest absolute Gasteiger partial charge is 0.492 e. The number of benzene rings is 2. The van der Waals surface area contributed by atoms with Crippen molar-refractivity contribution in [3.8, 4) is 11.5 Å². The van der Waals surface area contributed by atoms with Crippen molar-refractivity contribution in [2.45, 2.75) is 65.2 Å². The van der Waals surface area contributed by atoms with Gasteiger partial charge < -0.3 is 9.47 Å². The van der Waals surface area contributed by atoms with E-state index in [1.165, 1.54) is 38.5 Å². The molecule has 0 atom stereocenters. The molecule has 0 heterocycles. The molecule has 2 nitrogen and oxygen atoms in total. The molecule has 0 bridgehead atoms. The van der Waals surface area contributed by atoms with E-state index in [1.54, 1.807) is 0 Å². The standard InChI is InChI=1S/C22H30Br2O2/c1-3-5-7-9-15-25-19-13-11-18-17(21(19)23)12-14-20(22(18)24)26-16-10-8-6-4-2/h11-14H,3-10,15-16H2,1-2H3. The molecule has 0 aliphatic rings. The second kappa shape index (κ2) is 11.9. The minimum Gasteiger partial charge on any atom is -0.492 e. The topological polar surface area (TPSA) is 18.5 Å². The summed E-state index contributed by atoms with van der Waals surface area (Å²) in [5.41, 5.74) is 0. The normalized spacial score (nSPS) is 11.1. The van der Waals surface area contributed by atoms with Crippen LogP contribution in [0.2, 0.25) is 0 Å². The van der Waals surface area contributed by atoms with Gasteiger partial charge >= 0.3 is 0 Å². The summed E-state index contributed by atoms with van der Waals surface area (Å²) >= 11 is 7.44. The maximum Gasteiger partial charge on any atom is 0.134 e. The van der Waals surface area contributed by atoms with Crippen molar-refractivity contribution in [3.05, 3.63) is 33.2 Å². The third-order valence-electron chi connectivity index (χ3n) is 4.51. The Balaban J connectivity index is 2.03. The Bertz CT molecular complexity index is 626. The second-order valence-corrected chi connectivity index (χ2v) is 8.25. The highest BCUT2D eigenvalue weighted by Gasteiger charge is 2.12. The molecule has 0 amide bonds. The van der Waals surface area contributed by atoms with E-state index in [1.807, 2.05) is 12.1 Å². The van der Waals surface area contributed by atoms with Crippen molar-refractivity contribution in [1.29, 1.82) is 0 Å². The summed E-state index contributed by atoms with van der Waals surface area (Å²) in [4.78, 5) is 0. The lowest BCUT2D eigenvalue weighted by atomic mass is 10.1. The zero-order valence-electron chi connectivity index (χ0n) is 16.0. The number of fused-ring (bicyclic) bond motifs is 1. The van der Waals surface area contributed by atoms with E-state index < -0.39 is 0 Å². The fourth-order valence-electron chi connectivity index (χ4n) is 2.94. The summed E-state index contributed by atoms with van der Waals surface area (Å²) in [6, 6.07) is 8.30. The average Bonchev–Trinajstić information content (AvgIpc) is 2.65. The van der Waals surface area contributed by atoms with Gasteiger partial charge in [0, 0.05) is 10.8 Å². The Morgan fingerprint density at radius 2 is 1.04 bits per heavy atom. The summed E-state index contributed by atoms with van der Waals surface area (Å²) in [5.74, 6) is 1.82. The first-order chi connectivity index (χ1) is 12.7. The third-order valence-corrected chi connectivity index (χ3v) is 6.15. The SMILES string of the molecule is CCCCCCOc1ccc2c(Br)c(OCCCCCC)ccc2c1Br. The van der Waals surface area contributed by atoms with Gasteiger partial charge in [-0.25, -0.2) is 0 Å². The van der Waals surface area contributed by atoms with Crippen LogP contribution in [0.25, 0.3) is 10.8 Å². The van der Waals surface area contributed by atoms with Gasteiger partial charge in [-0.05, 0) is 69.0 Å². The van der Waals surface area contributed by atoms with Crippen LogP contribution in [0.3, 0.4) is 0 Å². The number of unbranched alkanes of at least 4 members (excludes halogenated alkanes) is 6. The number of rotatable bonds is 12. The number of halogens is 2. The maximum absolute atomic E-state index is 5.97. The Morgan fingerprint density at radius 3 is 1.42 bits per heavy atom. The molecule has 0 fully saturated rings. The van der Waals surface area contributed by atoms with E-state index in [2.05, 4.69) is 57.8 Å². The van der Waals surface area contributed by atoms with Crippen LogP contribution in [-0.2, 0) is 0 Å². The van der Waals surface area contributed by atoms with E-state index in [-0.39, 0.29) is 0 Å². The van der Waals surface area contributed by atoms with Crippen molar-refractivity contribution >= 4 is 42.6 Å². The molecule has 0 unspecified atom stereocenters. The van der Waals surface area contributed by atoms with Crippen LogP contribution in [0.15, 0.2) is 33.2 Å². The van der Waals surface area contributed by atoms with Gasteiger partial charge in [-0.2, -0.15) is 0 Å². The van der Waals surface area contributed by atoms with E-state index >= 15 is 0 Å². The molecule has 144 valence electrons. The molecular weight excluding hydrogens is 456 g/mol. The minimum atomic E-state index is 0.768. The van der Waals surface area contributed by atoms with Gasteiger partial charge in [0.05, 0.1) is 22.2 Å². The summed E-state index contributed by atoms with van der Waals surface area (Å²) in [5, 5.41) is 2.28. The van der Waals surface area contributed by atoms with Crippen molar-refractivity contribution in [3.63, 3.8) is 0 Å². The van der Waals surface area contributed by atoms with Crippen LogP contribution in [0.5, 0.6) is 11.5 Å². The number of hydrogen-bond donors (Lipinski definition) is 0. The van der Waals surface area contributed by atoms with Gasteiger partial charge in [0.2, 0.25) is 0 Å². The smallest absolute Gasteiger partial charge is 0.134 e. The van der Waals surface area contributed by atoms with Crippen molar-refractivity contribution in [2.24, 2.45) is 0 Å². The molecule has 0 spiro atoms. The highest BCUT2D eigenvalue weighted by Crippen LogP contribution is 2.40. The quantitative estimate of drug-likeness (QED) is 0.281. The molecule has 0 radical (unpaired) electrons. The molecule has 26 heavy (non-hydrogen) atoms. The van der Waals surface area contributed by atoms with Crippen molar-refractivity contribution in [2.75, 3.05) is 13.2 Å². The summed E-state index contributed by atoms with van der Waals surface area (Å²) in [6.45, 7) is 5.98. The minimum absolute atomic E-state index is 0.768. The van der Waals surface area contributed by atoms with Crippen LogP contribution in [-0.4, -0.2) is 13.2 Å². The van der Waals surface area contributed by atoms with Gasteiger partial charge in [0.15, 0.2) is 0 Å². The summed E-state index contributed by atoms with van der Waals surface area (Å²) in [7, 11) is 0.